The first-order valence-corrected chi connectivity index (χ1v) is 4.78. The van der Waals surface area contributed by atoms with Crippen molar-refractivity contribution in [3.05, 3.63) is 15.5 Å². The van der Waals surface area contributed by atoms with Gasteiger partial charge in [0.05, 0.1) is 6.54 Å². The summed E-state index contributed by atoms with van der Waals surface area (Å²) in [4.78, 5) is 15.1. The van der Waals surface area contributed by atoms with Crippen molar-refractivity contribution in [1.29, 1.82) is 0 Å². The molecule has 0 saturated heterocycles. The quantitative estimate of drug-likeness (QED) is 0.759. The van der Waals surface area contributed by atoms with Gasteiger partial charge in [-0.15, -0.1) is 17.3 Å². The van der Waals surface area contributed by atoms with Crippen molar-refractivity contribution >= 4 is 28.8 Å². The normalized spacial score (nSPS) is 8.77. The molecule has 0 aromatic carbocycles. The smallest absolute Gasteiger partial charge is 0.281 e. The maximum Gasteiger partial charge on any atom is 0.281 e. The van der Waals surface area contributed by atoms with Gasteiger partial charge in [-0.2, -0.15) is 0 Å². The molecule has 0 atom stereocenters. The summed E-state index contributed by atoms with van der Waals surface area (Å²) >= 11 is 6.77. The third-order valence-electron chi connectivity index (χ3n) is 1.18. The van der Waals surface area contributed by atoms with Crippen LogP contribution in [0.3, 0.4) is 0 Å². The Hall–Kier alpha value is -1.05. The number of amides is 1. The van der Waals surface area contributed by atoms with E-state index in [-0.39, 0.29) is 5.91 Å². The van der Waals surface area contributed by atoms with E-state index in [2.05, 4.69) is 22.1 Å². The van der Waals surface area contributed by atoms with E-state index < -0.39 is 0 Å². The summed E-state index contributed by atoms with van der Waals surface area (Å²) in [5.41, 5.74) is 0. The molecular formula is C8H7ClN2OS. The van der Waals surface area contributed by atoms with E-state index in [1.54, 1.807) is 12.3 Å². The molecule has 0 unspecified atom stereocenters. The van der Waals surface area contributed by atoms with Crippen LogP contribution in [0.1, 0.15) is 16.7 Å². The monoisotopic (exact) mass is 214 g/mol. The first-order valence-electron chi connectivity index (χ1n) is 3.53. The molecule has 0 aliphatic heterocycles. The molecule has 13 heavy (non-hydrogen) atoms. The van der Waals surface area contributed by atoms with Gasteiger partial charge < -0.3 is 5.32 Å². The fourth-order valence-electron chi connectivity index (χ4n) is 0.647. The van der Waals surface area contributed by atoms with Crippen LogP contribution in [0.15, 0.2) is 5.38 Å². The van der Waals surface area contributed by atoms with E-state index in [4.69, 9.17) is 11.6 Å². The molecule has 1 N–H and O–H groups in total. The molecule has 0 bridgehead atoms. The number of nitrogens with zero attached hydrogens (tertiary/aromatic N) is 1. The van der Waals surface area contributed by atoms with E-state index in [0.717, 1.165) is 0 Å². The number of rotatable bonds is 2. The Kier molecular flexibility index (Phi) is 3.74. The van der Waals surface area contributed by atoms with Gasteiger partial charge >= 0.3 is 0 Å². The number of carbonyl (C=O) groups is 1. The number of hydrogen-bond acceptors (Lipinski definition) is 3. The van der Waals surface area contributed by atoms with E-state index in [1.807, 2.05) is 0 Å². The first kappa shape index (κ1) is 10.0. The maximum absolute atomic E-state index is 11.2. The van der Waals surface area contributed by atoms with Gasteiger partial charge in [0.15, 0.2) is 5.01 Å². The number of halogens is 1. The second kappa shape index (κ2) is 4.85. The zero-order valence-electron chi connectivity index (χ0n) is 6.93. The number of thiazole rings is 1. The van der Waals surface area contributed by atoms with Gasteiger partial charge in [0, 0.05) is 5.38 Å². The number of aromatic nitrogens is 1. The molecule has 0 saturated carbocycles. The highest BCUT2D eigenvalue weighted by atomic mass is 35.5. The lowest BCUT2D eigenvalue weighted by Crippen LogP contribution is -2.23. The van der Waals surface area contributed by atoms with E-state index in [1.165, 1.54) is 11.3 Å². The van der Waals surface area contributed by atoms with Gasteiger partial charge in [0.1, 0.15) is 5.15 Å². The predicted molar refractivity (Wildman–Crippen MR) is 52.9 cm³/mol. The average Bonchev–Trinajstić information content (AvgIpc) is 2.52. The molecule has 68 valence electrons. The molecule has 0 aliphatic carbocycles. The van der Waals surface area contributed by atoms with E-state index in [0.29, 0.717) is 16.7 Å². The topological polar surface area (TPSA) is 42.0 Å². The Morgan fingerprint density at radius 2 is 2.62 bits per heavy atom. The van der Waals surface area contributed by atoms with Crippen molar-refractivity contribution in [2.24, 2.45) is 0 Å². The van der Waals surface area contributed by atoms with E-state index in [9.17, 15) is 4.79 Å². The number of nitrogens with one attached hydrogen (secondary N) is 1. The van der Waals surface area contributed by atoms with Crippen molar-refractivity contribution < 1.29 is 4.79 Å². The minimum Gasteiger partial charge on any atom is -0.339 e. The Morgan fingerprint density at radius 3 is 3.15 bits per heavy atom. The van der Waals surface area contributed by atoms with Crippen LogP contribution < -0.4 is 5.32 Å². The molecule has 0 aliphatic rings. The summed E-state index contributed by atoms with van der Waals surface area (Å²) < 4.78 is 0. The molecule has 5 heteroatoms. The lowest BCUT2D eigenvalue weighted by Gasteiger charge is -1.94. The molecule has 1 amide bonds. The van der Waals surface area contributed by atoms with Crippen LogP contribution in [0.25, 0.3) is 0 Å². The third-order valence-corrected chi connectivity index (χ3v) is 2.35. The van der Waals surface area contributed by atoms with Crippen LogP contribution in [0.4, 0.5) is 0 Å². The summed E-state index contributed by atoms with van der Waals surface area (Å²) in [6.45, 7) is 2.05. The second-order valence-corrected chi connectivity index (χ2v) is 3.33. The van der Waals surface area contributed by atoms with Crippen LogP contribution in [0.2, 0.25) is 5.15 Å². The first-order chi connectivity index (χ1) is 6.24. The highest BCUT2D eigenvalue weighted by molar-refractivity contribution is 7.12. The van der Waals surface area contributed by atoms with Crippen molar-refractivity contribution in [3.8, 4) is 11.8 Å². The molecule has 0 spiro atoms. The summed E-state index contributed by atoms with van der Waals surface area (Å²) in [6, 6.07) is 0. The van der Waals surface area contributed by atoms with Crippen LogP contribution in [0.5, 0.6) is 0 Å². The fourth-order valence-corrected chi connectivity index (χ4v) is 1.51. The molecule has 0 fully saturated rings. The average molecular weight is 215 g/mol. The number of hydrogen-bond donors (Lipinski definition) is 1. The van der Waals surface area contributed by atoms with Gasteiger partial charge in [-0.25, -0.2) is 4.98 Å². The molecule has 1 aromatic heterocycles. The zero-order valence-corrected chi connectivity index (χ0v) is 8.50. The van der Waals surface area contributed by atoms with Gasteiger partial charge in [0.25, 0.3) is 5.91 Å². The Morgan fingerprint density at radius 1 is 1.85 bits per heavy atom. The van der Waals surface area contributed by atoms with Crippen molar-refractivity contribution in [1.82, 2.24) is 10.3 Å². The summed E-state index contributed by atoms with van der Waals surface area (Å²) in [5, 5.41) is 4.91. The third kappa shape index (κ3) is 3.05. The van der Waals surface area contributed by atoms with Crippen molar-refractivity contribution in [2.45, 2.75) is 6.92 Å². The van der Waals surface area contributed by atoms with Gasteiger partial charge in [-0.3, -0.25) is 4.79 Å². The van der Waals surface area contributed by atoms with Crippen LogP contribution >= 0.6 is 22.9 Å². The summed E-state index contributed by atoms with van der Waals surface area (Å²) in [6.07, 6.45) is 0. The maximum atomic E-state index is 11.2. The molecule has 1 rings (SSSR count). The fraction of sp³-hybridized carbons (Fsp3) is 0.250. The second-order valence-electron chi connectivity index (χ2n) is 2.08. The Balaban J connectivity index is 2.52. The lowest BCUT2D eigenvalue weighted by atomic mass is 10.5. The van der Waals surface area contributed by atoms with Crippen LogP contribution in [-0.2, 0) is 0 Å². The highest BCUT2D eigenvalue weighted by Crippen LogP contribution is 2.13. The summed E-state index contributed by atoms with van der Waals surface area (Å²) in [5.74, 6) is 5.15. The van der Waals surface area contributed by atoms with Gasteiger partial charge in [-0.1, -0.05) is 17.5 Å². The van der Waals surface area contributed by atoms with Crippen molar-refractivity contribution in [3.63, 3.8) is 0 Å². The predicted octanol–water partition coefficient (Wildman–Crippen LogP) is 1.55. The lowest BCUT2D eigenvalue weighted by molar-refractivity contribution is 0.0958. The molecular weight excluding hydrogens is 208 g/mol. The Labute approximate surface area is 85.1 Å². The molecule has 1 heterocycles. The molecule has 0 radical (unpaired) electrons. The molecule has 1 aromatic rings. The largest absolute Gasteiger partial charge is 0.339 e. The van der Waals surface area contributed by atoms with Gasteiger partial charge in [0.2, 0.25) is 0 Å². The zero-order chi connectivity index (χ0) is 9.68. The standard InChI is InChI=1S/C8H7ClN2OS/c1-2-3-4-10-7(12)8-11-6(9)5-13-8/h5H,4H2,1H3,(H,10,12). The highest BCUT2D eigenvalue weighted by Gasteiger charge is 2.08. The number of carbonyl (C=O) groups excluding carboxylic acids is 1. The van der Waals surface area contributed by atoms with Crippen LogP contribution in [-0.4, -0.2) is 17.4 Å². The minimum absolute atomic E-state index is 0.236. The SMILES string of the molecule is CC#CCNC(=O)c1nc(Cl)cs1. The van der Waals surface area contributed by atoms with E-state index >= 15 is 0 Å². The summed E-state index contributed by atoms with van der Waals surface area (Å²) in [7, 11) is 0. The van der Waals surface area contributed by atoms with Crippen molar-refractivity contribution in [2.75, 3.05) is 6.54 Å². The molecule has 3 nitrogen and oxygen atoms in total. The Bertz CT molecular complexity index is 364. The minimum atomic E-state index is -0.236. The van der Waals surface area contributed by atoms with Crippen LogP contribution in [0, 0.1) is 11.8 Å². The van der Waals surface area contributed by atoms with Gasteiger partial charge in [-0.05, 0) is 6.92 Å².